The van der Waals surface area contributed by atoms with Crippen LogP contribution in [0.15, 0.2) is 36.5 Å². The number of hydrogen-bond acceptors (Lipinski definition) is 3. The first-order valence-corrected chi connectivity index (χ1v) is 11.7. The number of hydrogen-bond donors (Lipinski definition) is 1. The molecule has 1 aliphatic carbocycles. The zero-order chi connectivity index (χ0) is 22.3. The summed E-state index contributed by atoms with van der Waals surface area (Å²) in [4.78, 5) is 15.5. The summed E-state index contributed by atoms with van der Waals surface area (Å²) >= 11 is 0. The minimum absolute atomic E-state index is 0.162. The predicted molar refractivity (Wildman–Crippen MR) is 115 cm³/mol. The third kappa shape index (κ3) is 3.88. The zero-order valence-corrected chi connectivity index (χ0v) is 18.0. The van der Waals surface area contributed by atoms with E-state index in [4.69, 9.17) is 0 Å². The van der Waals surface area contributed by atoms with Gasteiger partial charge in [0.2, 0.25) is 0 Å². The normalized spacial score (nSPS) is 26.6. The van der Waals surface area contributed by atoms with Crippen molar-refractivity contribution in [3.8, 4) is 0 Å². The second-order valence-corrected chi connectivity index (χ2v) is 9.36. The molecule has 8 heteroatoms. The second kappa shape index (κ2) is 8.45. The standard InChI is InChI=1S/C24H29F3N4O/c25-24(26,27)21-14-19(16-8-3-1-4-9-16)29-22-18(15-28-31(21)22)23(32)30-13-7-12-20(30)17-10-5-2-6-11-17/h1,3-4,8-9,15,17,19-21,29H,2,5-7,10-14H2/t19-,20?,21+/m1/s1. The van der Waals surface area contributed by atoms with Gasteiger partial charge in [0.25, 0.3) is 5.91 Å². The van der Waals surface area contributed by atoms with Crippen LogP contribution >= 0.6 is 0 Å². The molecule has 3 atom stereocenters. The molecule has 1 saturated heterocycles. The summed E-state index contributed by atoms with van der Waals surface area (Å²) in [7, 11) is 0. The van der Waals surface area contributed by atoms with Crippen LogP contribution in [0.25, 0.3) is 0 Å². The van der Waals surface area contributed by atoms with Gasteiger partial charge in [-0.25, -0.2) is 4.68 Å². The first kappa shape index (κ1) is 21.3. The summed E-state index contributed by atoms with van der Waals surface area (Å²) in [6.45, 7) is 0.662. The van der Waals surface area contributed by atoms with E-state index in [2.05, 4.69) is 10.4 Å². The van der Waals surface area contributed by atoms with Crippen molar-refractivity contribution < 1.29 is 18.0 Å². The van der Waals surface area contributed by atoms with E-state index in [9.17, 15) is 18.0 Å². The number of nitrogens with zero attached hydrogens (tertiary/aromatic N) is 3. The molecule has 0 spiro atoms. The molecule has 2 fully saturated rings. The average Bonchev–Trinajstić information content (AvgIpc) is 3.46. The summed E-state index contributed by atoms with van der Waals surface area (Å²) < 4.78 is 42.8. The number of halogens is 3. The van der Waals surface area contributed by atoms with Gasteiger partial charge in [0.15, 0.2) is 6.04 Å². The van der Waals surface area contributed by atoms with Gasteiger partial charge in [0, 0.05) is 19.0 Å². The minimum Gasteiger partial charge on any atom is -0.363 e. The molecule has 0 bridgehead atoms. The Morgan fingerprint density at radius 2 is 1.78 bits per heavy atom. The van der Waals surface area contributed by atoms with Gasteiger partial charge in [-0.2, -0.15) is 18.3 Å². The van der Waals surface area contributed by atoms with Crippen LogP contribution in [-0.2, 0) is 0 Å². The molecule has 1 N–H and O–H groups in total. The molecule has 1 aromatic carbocycles. The van der Waals surface area contributed by atoms with E-state index in [1.807, 2.05) is 35.2 Å². The smallest absolute Gasteiger partial charge is 0.363 e. The first-order chi connectivity index (χ1) is 15.4. The number of benzene rings is 1. The Balaban J connectivity index is 1.46. The van der Waals surface area contributed by atoms with Crippen molar-refractivity contribution in [2.45, 2.75) is 75.7 Å². The lowest BCUT2D eigenvalue weighted by molar-refractivity contribution is -0.173. The van der Waals surface area contributed by atoms with Crippen molar-refractivity contribution in [1.82, 2.24) is 14.7 Å². The molecule has 2 aromatic rings. The molecular weight excluding hydrogens is 417 g/mol. The Bertz CT molecular complexity index is 952. The molecule has 1 unspecified atom stereocenters. The highest BCUT2D eigenvalue weighted by molar-refractivity contribution is 5.99. The summed E-state index contributed by atoms with van der Waals surface area (Å²) in [6.07, 6.45) is 4.53. The molecule has 172 valence electrons. The van der Waals surface area contributed by atoms with Crippen molar-refractivity contribution in [2.75, 3.05) is 11.9 Å². The second-order valence-electron chi connectivity index (χ2n) is 9.36. The van der Waals surface area contributed by atoms with Gasteiger partial charge in [0.1, 0.15) is 11.4 Å². The third-order valence-electron chi connectivity index (χ3n) is 7.42. The lowest BCUT2D eigenvalue weighted by Crippen LogP contribution is -2.41. The fourth-order valence-corrected chi connectivity index (χ4v) is 5.83. The fourth-order valence-electron chi connectivity index (χ4n) is 5.83. The van der Waals surface area contributed by atoms with Crippen molar-refractivity contribution >= 4 is 11.7 Å². The number of nitrogens with one attached hydrogen (secondary N) is 1. The van der Waals surface area contributed by atoms with E-state index < -0.39 is 18.3 Å². The van der Waals surface area contributed by atoms with Crippen LogP contribution in [0.5, 0.6) is 0 Å². The Labute approximate surface area is 186 Å². The van der Waals surface area contributed by atoms with E-state index in [1.54, 1.807) is 0 Å². The predicted octanol–water partition coefficient (Wildman–Crippen LogP) is 5.73. The molecule has 0 radical (unpaired) electrons. The number of likely N-dealkylation sites (tertiary alicyclic amines) is 1. The largest absolute Gasteiger partial charge is 0.410 e. The van der Waals surface area contributed by atoms with Gasteiger partial charge >= 0.3 is 6.18 Å². The lowest BCUT2D eigenvalue weighted by atomic mass is 9.83. The lowest BCUT2D eigenvalue weighted by Gasteiger charge is -2.36. The number of carbonyl (C=O) groups is 1. The molecular formula is C24H29F3N4O. The monoisotopic (exact) mass is 446 g/mol. The Morgan fingerprint density at radius 1 is 1.03 bits per heavy atom. The van der Waals surface area contributed by atoms with E-state index in [0.717, 1.165) is 35.9 Å². The summed E-state index contributed by atoms with van der Waals surface area (Å²) in [6, 6.07) is 6.99. The van der Waals surface area contributed by atoms with Crippen LogP contribution in [0, 0.1) is 5.92 Å². The third-order valence-corrected chi connectivity index (χ3v) is 7.42. The van der Waals surface area contributed by atoms with Crippen molar-refractivity contribution in [3.05, 3.63) is 47.7 Å². The Hall–Kier alpha value is -2.51. The van der Waals surface area contributed by atoms with E-state index >= 15 is 0 Å². The molecule has 1 saturated carbocycles. The highest BCUT2D eigenvalue weighted by Crippen LogP contribution is 2.45. The molecule has 3 aliphatic rings. The van der Waals surface area contributed by atoms with E-state index in [1.165, 1.54) is 25.5 Å². The Morgan fingerprint density at radius 3 is 2.50 bits per heavy atom. The van der Waals surface area contributed by atoms with Gasteiger partial charge in [-0.1, -0.05) is 49.6 Å². The van der Waals surface area contributed by atoms with Crippen molar-refractivity contribution in [2.24, 2.45) is 5.92 Å². The first-order valence-electron chi connectivity index (χ1n) is 11.7. The molecule has 1 aromatic heterocycles. The number of carbonyl (C=O) groups excluding carboxylic acids is 1. The number of alkyl halides is 3. The van der Waals surface area contributed by atoms with Crippen LogP contribution in [0.2, 0.25) is 0 Å². The van der Waals surface area contributed by atoms with Gasteiger partial charge in [-0.3, -0.25) is 4.79 Å². The van der Waals surface area contributed by atoms with Crippen LogP contribution in [0.1, 0.15) is 79.4 Å². The number of aromatic nitrogens is 2. The van der Waals surface area contributed by atoms with Gasteiger partial charge in [-0.05, 0) is 37.2 Å². The maximum Gasteiger partial charge on any atom is 0.410 e. The topological polar surface area (TPSA) is 50.2 Å². The van der Waals surface area contributed by atoms with Crippen LogP contribution in [0.3, 0.4) is 0 Å². The van der Waals surface area contributed by atoms with E-state index in [-0.39, 0.29) is 29.8 Å². The zero-order valence-electron chi connectivity index (χ0n) is 18.0. The molecule has 32 heavy (non-hydrogen) atoms. The fraction of sp³-hybridized carbons (Fsp3) is 0.583. The van der Waals surface area contributed by atoms with Crippen LogP contribution < -0.4 is 5.32 Å². The number of amides is 1. The summed E-state index contributed by atoms with van der Waals surface area (Å²) in [5.74, 6) is 0.489. The number of anilines is 1. The van der Waals surface area contributed by atoms with E-state index in [0.29, 0.717) is 12.5 Å². The average molecular weight is 447 g/mol. The van der Waals surface area contributed by atoms with Crippen molar-refractivity contribution in [3.63, 3.8) is 0 Å². The summed E-state index contributed by atoms with van der Waals surface area (Å²) in [5, 5.41) is 7.27. The molecule has 5 nitrogen and oxygen atoms in total. The maximum atomic E-state index is 13.9. The van der Waals surface area contributed by atoms with Crippen LogP contribution in [0.4, 0.5) is 19.0 Å². The summed E-state index contributed by atoms with van der Waals surface area (Å²) in [5.41, 5.74) is 1.02. The number of rotatable bonds is 3. The van der Waals surface area contributed by atoms with Crippen LogP contribution in [-0.4, -0.2) is 39.4 Å². The molecule has 5 rings (SSSR count). The maximum absolute atomic E-state index is 13.9. The van der Waals surface area contributed by atoms with Gasteiger partial charge in [0.05, 0.1) is 12.2 Å². The van der Waals surface area contributed by atoms with Crippen molar-refractivity contribution in [1.29, 1.82) is 0 Å². The molecule has 3 heterocycles. The van der Waals surface area contributed by atoms with Gasteiger partial charge in [-0.15, -0.1) is 0 Å². The number of fused-ring (bicyclic) bond motifs is 1. The molecule has 1 amide bonds. The molecule has 2 aliphatic heterocycles. The highest BCUT2D eigenvalue weighted by Gasteiger charge is 2.48. The quantitative estimate of drug-likeness (QED) is 0.655. The highest BCUT2D eigenvalue weighted by atomic mass is 19.4. The van der Waals surface area contributed by atoms with Gasteiger partial charge < -0.3 is 10.2 Å². The SMILES string of the molecule is O=C(c1cnn2c1N[C@@H](c1ccccc1)C[C@H]2C(F)(F)F)N1CCCC1C1CCCCC1. The Kier molecular flexibility index (Phi) is 5.63. The minimum atomic E-state index is -4.45.